The Labute approximate surface area is 108 Å². The molecule has 0 fully saturated rings. The highest BCUT2D eigenvalue weighted by molar-refractivity contribution is 7.94. The van der Waals surface area contributed by atoms with Crippen molar-refractivity contribution >= 4 is 15.7 Å². The number of amides is 1. The van der Waals surface area contributed by atoms with Gasteiger partial charge in [-0.15, -0.1) is 0 Å². The zero-order chi connectivity index (χ0) is 13.8. The Balaban J connectivity index is 2.85. The summed E-state index contributed by atoms with van der Waals surface area (Å²) in [6.07, 6.45) is 1.04. The molecule has 4 nitrogen and oxygen atoms in total. The standard InChI is InChI=1S/C13H17NO3S/c1-10(2)14-13(15)8-9-18(16,17)12-6-4-11(3)5-7-12/h4-10H,1-3H3,(H,14,15)/b9-8+. The Morgan fingerprint density at radius 3 is 2.28 bits per heavy atom. The molecule has 1 aromatic carbocycles. The van der Waals surface area contributed by atoms with Gasteiger partial charge in [0.15, 0.2) is 9.84 Å². The number of carbonyl (C=O) groups is 1. The highest BCUT2D eigenvalue weighted by Crippen LogP contribution is 2.12. The average Bonchev–Trinajstić information content (AvgIpc) is 2.26. The Hall–Kier alpha value is -1.62. The first-order valence-electron chi connectivity index (χ1n) is 5.61. The largest absolute Gasteiger partial charge is 0.350 e. The van der Waals surface area contributed by atoms with Gasteiger partial charge in [-0.3, -0.25) is 4.79 Å². The minimum absolute atomic E-state index is 0.0239. The number of carbonyl (C=O) groups excluding carboxylic acids is 1. The molecule has 0 atom stereocenters. The monoisotopic (exact) mass is 267 g/mol. The zero-order valence-corrected chi connectivity index (χ0v) is 11.5. The summed E-state index contributed by atoms with van der Waals surface area (Å²) >= 11 is 0. The second-order valence-electron chi connectivity index (χ2n) is 4.32. The number of rotatable bonds is 4. The van der Waals surface area contributed by atoms with Crippen molar-refractivity contribution in [3.05, 3.63) is 41.3 Å². The number of nitrogens with one attached hydrogen (secondary N) is 1. The SMILES string of the molecule is Cc1ccc(S(=O)(=O)/C=C/C(=O)NC(C)C)cc1. The molecule has 0 radical (unpaired) electrons. The summed E-state index contributed by atoms with van der Waals surface area (Å²) in [6, 6.07) is 6.46. The van der Waals surface area contributed by atoms with E-state index in [4.69, 9.17) is 0 Å². The number of hydrogen-bond acceptors (Lipinski definition) is 3. The third-order valence-electron chi connectivity index (χ3n) is 2.18. The summed E-state index contributed by atoms with van der Waals surface area (Å²) in [5.74, 6) is -0.416. The maximum absolute atomic E-state index is 11.9. The number of benzene rings is 1. The molecular formula is C13H17NO3S. The van der Waals surface area contributed by atoms with Crippen LogP contribution in [0.5, 0.6) is 0 Å². The zero-order valence-electron chi connectivity index (χ0n) is 10.7. The van der Waals surface area contributed by atoms with E-state index in [-0.39, 0.29) is 10.9 Å². The van der Waals surface area contributed by atoms with Crippen molar-refractivity contribution in [2.45, 2.75) is 31.7 Å². The molecule has 0 saturated carbocycles. The van der Waals surface area contributed by atoms with E-state index in [1.54, 1.807) is 26.0 Å². The number of aryl methyl sites for hydroxylation is 1. The van der Waals surface area contributed by atoms with Crippen molar-refractivity contribution in [3.8, 4) is 0 Å². The molecule has 0 unspecified atom stereocenters. The summed E-state index contributed by atoms with van der Waals surface area (Å²) in [5, 5.41) is 3.51. The van der Waals surface area contributed by atoms with Crippen LogP contribution in [-0.2, 0) is 14.6 Å². The topological polar surface area (TPSA) is 63.2 Å². The second-order valence-corrected chi connectivity index (χ2v) is 6.16. The lowest BCUT2D eigenvalue weighted by Crippen LogP contribution is -2.28. The van der Waals surface area contributed by atoms with Crippen LogP contribution in [0.15, 0.2) is 40.6 Å². The first kappa shape index (κ1) is 14.4. The molecule has 0 aromatic heterocycles. The number of hydrogen-bond donors (Lipinski definition) is 1. The average molecular weight is 267 g/mol. The molecule has 0 spiro atoms. The molecule has 1 rings (SSSR count). The van der Waals surface area contributed by atoms with E-state index in [0.717, 1.165) is 17.0 Å². The molecule has 0 aliphatic heterocycles. The van der Waals surface area contributed by atoms with Crippen LogP contribution < -0.4 is 5.32 Å². The van der Waals surface area contributed by atoms with Gasteiger partial charge in [-0.1, -0.05) is 17.7 Å². The van der Waals surface area contributed by atoms with E-state index in [1.807, 2.05) is 6.92 Å². The van der Waals surface area contributed by atoms with Gasteiger partial charge in [0, 0.05) is 17.5 Å². The van der Waals surface area contributed by atoms with E-state index in [0.29, 0.717) is 0 Å². The predicted octanol–water partition coefficient (Wildman–Crippen LogP) is 1.81. The van der Waals surface area contributed by atoms with E-state index in [1.165, 1.54) is 12.1 Å². The van der Waals surface area contributed by atoms with Gasteiger partial charge in [0.2, 0.25) is 5.91 Å². The fraction of sp³-hybridized carbons (Fsp3) is 0.308. The molecule has 1 amide bonds. The van der Waals surface area contributed by atoms with Gasteiger partial charge < -0.3 is 5.32 Å². The highest BCUT2D eigenvalue weighted by Gasteiger charge is 2.10. The first-order chi connectivity index (χ1) is 8.31. The molecule has 1 N–H and O–H groups in total. The summed E-state index contributed by atoms with van der Waals surface area (Å²) < 4.78 is 23.7. The lowest BCUT2D eigenvalue weighted by Gasteiger charge is -2.04. The number of sulfone groups is 1. The quantitative estimate of drug-likeness (QED) is 0.846. The third kappa shape index (κ3) is 4.33. The first-order valence-corrected chi connectivity index (χ1v) is 7.16. The van der Waals surface area contributed by atoms with Crippen LogP contribution in [0.2, 0.25) is 0 Å². The van der Waals surface area contributed by atoms with Crippen LogP contribution in [0, 0.1) is 6.92 Å². The summed E-state index contributed by atoms with van der Waals surface area (Å²) in [5.41, 5.74) is 0.982. The van der Waals surface area contributed by atoms with Crippen molar-refractivity contribution in [2.75, 3.05) is 0 Å². The van der Waals surface area contributed by atoms with Gasteiger partial charge >= 0.3 is 0 Å². The van der Waals surface area contributed by atoms with Crippen molar-refractivity contribution in [1.82, 2.24) is 5.32 Å². The van der Waals surface area contributed by atoms with Gasteiger partial charge in [0.05, 0.1) is 4.90 Å². The molecule has 0 aliphatic carbocycles. The highest BCUT2D eigenvalue weighted by atomic mass is 32.2. The van der Waals surface area contributed by atoms with Crippen LogP contribution in [-0.4, -0.2) is 20.4 Å². The molecule has 0 aliphatic rings. The van der Waals surface area contributed by atoms with Crippen LogP contribution in [0.4, 0.5) is 0 Å². The van der Waals surface area contributed by atoms with Crippen LogP contribution in [0.25, 0.3) is 0 Å². The van der Waals surface area contributed by atoms with Crippen molar-refractivity contribution in [2.24, 2.45) is 0 Å². The van der Waals surface area contributed by atoms with Gasteiger partial charge in [-0.25, -0.2) is 8.42 Å². The minimum Gasteiger partial charge on any atom is -0.350 e. The van der Waals surface area contributed by atoms with Crippen molar-refractivity contribution in [3.63, 3.8) is 0 Å². The van der Waals surface area contributed by atoms with Crippen molar-refractivity contribution in [1.29, 1.82) is 0 Å². The Bertz CT molecular complexity index is 542. The molecule has 5 heteroatoms. The molecule has 18 heavy (non-hydrogen) atoms. The van der Waals surface area contributed by atoms with Gasteiger partial charge in [-0.05, 0) is 32.9 Å². The van der Waals surface area contributed by atoms with Gasteiger partial charge in [-0.2, -0.15) is 0 Å². The predicted molar refractivity (Wildman–Crippen MR) is 70.8 cm³/mol. The fourth-order valence-electron chi connectivity index (χ4n) is 1.29. The molecule has 1 aromatic rings. The van der Waals surface area contributed by atoms with Crippen LogP contribution in [0.3, 0.4) is 0 Å². The van der Waals surface area contributed by atoms with Crippen LogP contribution in [0.1, 0.15) is 19.4 Å². The van der Waals surface area contributed by atoms with E-state index in [9.17, 15) is 13.2 Å². The summed E-state index contributed by atoms with van der Waals surface area (Å²) in [6.45, 7) is 5.49. The maximum atomic E-state index is 11.9. The Morgan fingerprint density at radius 1 is 1.22 bits per heavy atom. The Kier molecular flexibility index (Phi) is 4.67. The summed E-state index contributed by atoms with van der Waals surface area (Å²) in [4.78, 5) is 11.5. The fourth-order valence-corrected chi connectivity index (χ4v) is 2.27. The minimum atomic E-state index is -3.55. The lowest BCUT2D eigenvalue weighted by molar-refractivity contribution is -0.116. The van der Waals surface area contributed by atoms with E-state index < -0.39 is 15.7 Å². The van der Waals surface area contributed by atoms with E-state index in [2.05, 4.69) is 5.32 Å². The van der Waals surface area contributed by atoms with Crippen LogP contribution >= 0.6 is 0 Å². The van der Waals surface area contributed by atoms with Gasteiger partial charge in [0.1, 0.15) is 0 Å². The van der Waals surface area contributed by atoms with Gasteiger partial charge in [0.25, 0.3) is 0 Å². The van der Waals surface area contributed by atoms with Crippen molar-refractivity contribution < 1.29 is 13.2 Å². The Morgan fingerprint density at radius 2 is 1.78 bits per heavy atom. The summed E-state index contributed by atoms with van der Waals surface area (Å²) in [7, 11) is -3.55. The molecule has 98 valence electrons. The smallest absolute Gasteiger partial charge is 0.244 e. The molecular weight excluding hydrogens is 250 g/mol. The molecule has 0 bridgehead atoms. The molecule has 0 heterocycles. The third-order valence-corrected chi connectivity index (χ3v) is 3.60. The normalized spacial score (nSPS) is 12.0. The van der Waals surface area contributed by atoms with E-state index >= 15 is 0 Å². The lowest BCUT2D eigenvalue weighted by atomic mass is 10.2. The maximum Gasteiger partial charge on any atom is 0.244 e. The second kappa shape index (κ2) is 5.82. The molecule has 0 saturated heterocycles.